The Hall–Kier alpha value is -2.70. The van der Waals surface area contributed by atoms with Crippen LogP contribution in [0.15, 0.2) is 6.07 Å². The largest absolute Gasteiger partial charge is 0.442 e. The first-order chi connectivity index (χ1) is 20.2. The van der Waals surface area contributed by atoms with E-state index in [2.05, 4.69) is 29.8 Å². The number of pyridine rings is 1. The molecule has 5 heterocycles. The molecule has 0 radical (unpaired) electrons. The standard InChI is InChI=1S/C33H49N5O4/c1-5-6-7-27-23-37(22-26-8-18-41-19-9-26)31(40)42-33(27)12-16-38(17-13-33)32(4)10-14-36(15-11-32)30(39)29-24(2)20-28(21-34)35-25(29)3/h20,26-27H,5-19,22-23H2,1-4H3. The van der Waals surface area contributed by atoms with Crippen molar-refractivity contribution in [3.8, 4) is 6.07 Å². The van der Waals surface area contributed by atoms with Crippen LogP contribution in [-0.4, -0.2) is 95.3 Å². The molecule has 230 valence electrons. The van der Waals surface area contributed by atoms with Crippen molar-refractivity contribution in [3.63, 3.8) is 0 Å². The molecule has 1 aromatic rings. The third-order valence-electron chi connectivity index (χ3n) is 10.7. The Labute approximate surface area is 251 Å². The predicted molar refractivity (Wildman–Crippen MR) is 160 cm³/mol. The number of aryl methyl sites for hydroxylation is 2. The molecule has 4 aliphatic heterocycles. The fraction of sp³-hybridized carbons (Fsp3) is 0.758. The van der Waals surface area contributed by atoms with Crippen molar-refractivity contribution in [1.82, 2.24) is 19.7 Å². The number of likely N-dealkylation sites (tertiary alicyclic amines) is 2. The number of nitrogens with zero attached hydrogens (tertiary/aromatic N) is 5. The summed E-state index contributed by atoms with van der Waals surface area (Å²) in [5.74, 6) is 0.893. The summed E-state index contributed by atoms with van der Waals surface area (Å²) in [6.45, 7) is 14.7. The molecule has 0 bridgehead atoms. The third kappa shape index (κ3) is 6.30. The smallest absolute Gasteiger partial charge is 0.410 e. The van der Waals surface area contributed by atoms with E-state index in [-0.39, 0.29) is 23.1 Å². The van der Waals surface area contributed by atoms with Crippen LogP contribution in [0.3, 0.4) is 0 Å². The maximum atomic E-state index is 13.5. The molecule has 42 heavy (non-hydrogen) atoms. The Kier molecular flexibility index (Phi) is 9.44. The number of rotatable bonds is 7. The van der Waals surface area contributed by atoms with Gasteiger partial charge in [0, 0.05) is 76.8 Å². The molecule has 0 saturated carbocycles. The molecule has 1 atom stereocenters. The first kappa shape index (κ1) is 30.7. The number of hydrogen-bond donors (Lipinski definition) is 0. The molecular formula is C33H49N5O4. The Bertz CT molecular complexity index is 1150. The van der Waals surface area contributed by atoms with Gasteiger partial charge >= 0.3 is 6.09 Å². The maximum Gasteiger partial charge on any atom is 0.410 e. The van der Waals surface area contributed by atoms with Crippen LogP contribution in [0.4, 0.5) is 4.79 Å². The average Bonchev–Trinajstić information content (AvgIpc) is 2.98. The summed E-state index contributed by atoms with van der Waals surface area (Å²) in [5, 5.41) is 9.22. The molecule has 1 spiro atoms. The second kappa shape index (κ2) is 12.9. The van der Waals surface area contributed by atoms with Crippen molar-refractivity contribution >= 4 is 12.0 Å². The summed E-state index contributed by atoms with van der Waals surface area (Å²) >= 11 is 0. The zero-order valence-corrected chi connectivity index (χ0v) is 26.1. The average molecular weight is 580 g/mol. The van der Waals surface area contributed by atoms with Gasteiger partial charge in [0.05, 0.1) is 11.3 Å². The zero-order valence-electron chi connectivity index (χ0n) is 26.1. The Morgan fingerprint density at radius 1 is 1.12 bits per heavy atom. The summed E-state index contributed by atoms with van der Waals surface area (Å²) in [6.07, 6.45) is 8.91. The molecular weight excluding hydrogens is 530 g/mol. The van der Waals surface area contributed by atoms with Gasteiger partial charge in [-0.3, -0.25) is 9.69 Å². The third-order valence-corrected chi connectivity index (χ3v) is 10.7. The van der Waals surface area contributed by atoms with Crippen molar-refractivity contribution in [2.24, 2.45) is 11.8 Å². The molecule has 1 aromatic heterocycles. The minimum Gasteiger partial charge on any atom is -0.442 e. The molecule has 4 aliphatic rings. The van der Waals surface area contributed by atoms with Crippen LogP contribution in [0.2, 0.25) is 0 Å². The van der Waals surface area contributed by atoms with Crippen LogP contribution < -0.4 is 0 Å². The van der Waals surface area contributed by atoms with Gasteiger partial charge in [-0.15, -0.1) is 0 Å². The van der Waals surface area contributed by atoms with E-state index < -0.39 is 0 Å². The fourth-order valence-corrected chi connectivity index (χ4v) is 7.84. The SMILES string of the molecule is CCCCC1CN(CC2CCOCC2)C(=O)OC12CCN(C1(C)CCN(C(=O)c3c(C)cc(C#N)nc3C)CC1)CC2. The normalized spacial score (nSPS) is 24.8. The van der Waals surface area contributed by atoms with E-state index in [0.717, 1.165) is 103 Å². The number of ether oxygens (including phenoxy) is 2. The lowest BCUT2D eigenvalue weighted by molar-refractivity contribution is -0.135. The molecule has 0 aliphatic carbocycles. The van der Waals surface area contributed by atoms with Gasteiger partial charge in [-0.1, -0.05) is 19.8 Å². The van der Waals surface area contributed by atoms with Gasteiger partial charge in [-0.05, 0) is 70.4 Å². The van der Waals surface area contributed by atoms with Crippen molar-refractivity contribution in [2.45, 2.75) is 96.6 Å². The molecule has 0 N–H and O–H groups in total. The van der Waals surface area contributed by atoms with E-state index in [1.165, 1.54) is 0 Å². The van der Waals surface area contributed by atoms with Gasteiger partial charge in [0.15, 0.2) is 0 Å². The molecule has 2 amide bonds. The molecule has 0 aromatic carbocycles. The summed E-state index contributed by atoms with van der Waals surface area (Å²) in [4.78, 5) is 37.6. The van der Waals surface area contributed by atoms with E-state index in [1.807, 2.05) is 23.6 Å². The fourth-order valence-electron chi connectivity index (χ4n) is 7.84. The highest BCUT2D eigenvalue weighted by molar-refractivity contribution is 5.96. The topological polar surface area (TPSA) is 99.0 Å². The van der Waals surface area contributed by atoms with Gasteiger partial charge in [-0.2, -0.15) is 5.26 Å². The lowest BCUT2D eigenvalue weighted by atomic mass is 9.74. The van der Waals surface area contributed by atoms with E-state index in [4.69, 9.17) is 9.47 Å². The molecule has 1 unspecified atom stereocenters. The number of carbonyl (C=O) groups excluding carboxylic acids is 2. The minimum atomic E-state index is -0.362. The van der Waals surface area contributed by atoms with Crippen LogP contribution in [-0.2, 0) is 9.47 Å². The molecule has 9 heteroatoms. The first-order valence-electron chi connectivity index (χ1n) is 16.2. The number of unbranched alkanes of at least 4 members (excludes halogenated alkanes) is 1. The maximum absolute atomic E-state index is 13.5. The Balaban J connectivity index is 1.20. The van der Waals surface area contributed by atoms with E-state index in [1.54, 1.807) is 6.07 Å². The molecule has 5 rings (SSSR count). The quantitative estimate of drug-likeness (QED) is 0.444. The lowest BCUT2D eigenvalue weighted by Gasteiger charge is -2.55. The summed E-state index contributed by atoms with van der Waals surface area (Å²) in [7, 11) is 0. The number of piperidine rings is 2. The van der Waals surface area contributed by atoms with Crippen molar-refractivity contribution in [1.29, 1.82) is 5.26 Å². The predicted octanol–water partition coefficient (Wildman–Crippen LogP) is 5.08. The van der Waals surface area contributed by atoms with Crippen molar-refractivity contribution in [2.75, 3.05) is 52.5 Å². The van der Waals surface area contributed by atoms with Crippen molar-refractivity contribution < 1.29 is 19.1 Å². The Morgan fingerprint density at radius 3 is 2.43 bits per heavy atom. The minimum absolute atomic E-state index is 0.0120. The highest BCUT2D eigenvalue weighted by atomic mass is 16.6. The zero-order chi connectivity index (χ0) is 29.9. The van der Waals surface area contributed by atoms with E-state index >= 15 is 0 Å². The van der Waals surface area contributed by atoms with Gasteiger partial charge < -0.3 is 19.3 Å². The number of amides is 2. The monoisotopic (exact) mass is 579 g/mol. The van der Waals surface area contributed by atoms with Gasteiger partial charge in [-0.25, -0.2) is 9.78 Å². The number of aromatic nitrogens is 1. The number of nitriles is 1. The lowest BCUT2D eigenvalue weighted by Crippen LogP contribution is -2.64. The van der Waals surface area contributed by atoms with Crippen LogP contribution >= 0.6 is 0 Å². The second-order valence-electron chi connectivity index (χ2n) is 13.4. The highest BCUT2D eigenvalue weighted by Crippen LogP contribution is 2.43. The van der Waals surface area contributed by atoms with Gasteiger partial charge in [0.2, 0.25) is 0 Å². The van der Waals surface area contributed by atoms with Crippen LogP contribution in [0.1, 0.15) is 98.9 Å². The number of hydrogen-bond acceptors (Lipinski definition) is 7. The first-order valence-corrected chi connectivity index (χ1v) is 16.2. The van der Waals surface area contributed by atoms with E-state index in [9.17, 15) is 14.9 Å². The molecule has 9 nitrogen and oxygen atoms in total. The summed E-state index contributed by atoms with van der Waals surface area (Å²) in [6, 6.07) is 3.78. The summed E-state index contributed by atoms with van der Waals surface area (Å²) in [5.41, 5.74) is 2.06. The van der Waals surface area contributed by atoms with E-state index in [0.29, 0.717) is 41.9 Å². The van der Waals surface area contributed by atoms with Crippen LogP contribution in [0, 0.1) is 37.0 Å². The van der Waals surface area contributed by atoms with Gasteiger partial charge in [0.1, 0.15) is 17.4 Å². The number of carbonyl (C=O) groups is 2. The highest BCUT2D eigenvalue weighted by Gasteiger charge is 2.51. The molecule has 4 saturated heterocycles. The van der Waals surface area contributed by atoms with Crippen LogP contribution in [0.25, 0.3) is 0 Å². The van der Waals surface area contributed by atoms with Crippen molar-refractivity contribution in [3.05, 3.63) is 28.6 Å². The Morgan fingerprint density at radius 2 is 1.81 bits per heavy atom. The summed E-state index contributed by atoms with van der Waals surface area (Å²) < 4.78 is 12.0. The molecule has 4 fully saturated rings. The van der Waals surface area contributed by atoms with Gasteiger partial charge in [0.25, 0.3) is 5.91 Å². The second-order valence-corrected chi connectivity index (χ2v) is 13.4. The van der Waals surface area contributed by atoms with Crippen LogP contribution in [0.5, 0.6) is 0 Å².